The van der Waals surface area contributed by atoms with Crippen molar-refractivity contribution < 1.29 is 14.7 Å². The Bertz CT molecular complexity index is 1200. The lowest BCUT2D eigenvalue weighted by atomic mass is 9.47. The first-order chi connectivity index (χ1) is 17.6. The van der Waals surface area contributed by atoms with Crippen LogP contribution in [-0.4, -0.2) is 62.9 Å². The molecule has 4 aliphatic carbocycles. The Morgan fingerprint density at radius 3 is 2.49 bits per heavy atom. The van der Waals surface area contributed by atoms with Crippen molar-refractivity contribution in [3.63, 3.8) is 0 Å². The summed E-state index contributed by atoms with van der Waals surface area (Å²) in [5, 5.41) is 19.8. The highest BCUT2D eigenvalue weighted by Crippen LogP contribution is 2.61. The summed E-state index contributed by atoms with van der Waals surface area (Å²) in [6, 6.07) is 6.47. The van der Waals surface area contributed by atoms with Gasteiger partial charge in [-0.2, -0.15) is 5.10 Å². The molecule has 1 aromatic carbocycles. The first-order valence-corrected chi connectivity index (χ1v) is 14.2. The molecule has 0 radical (unpaired) electrons. The molecular formula is C29H41N5O3. The van der Waals surface area contributed by atoms with Gasteiger partial charge in [-0.25, -0.2) is 0 Å². The monoisotopic (exact) mass is 507 g/mol. The summed E-state index contributed by atoms with van der Waals surface area (Å²) in [6.45, 7) is 6.88. The third-order valence-corrected chi connectivity index (χ3v) is 9.67. The van der Waals surface area contributed by atoms with Crippen LogP contribution >= 0.6 is 0 Å². The van der Waals surface area contributed by atoms with E-state index < -0.39 is 11.5 Å². The van der Waals surface area contributed by atoms with E-state index in [-0.39, 0.29) is 23.4 Å². The van der Waals surface area contributed by atoms with Gasteiger partial charge in [0.2, 0.25) is 5.91 Å². The van der Waals surface area contributed by atoms with Crippen molar-refractivity contribution in [2.75, 3.05) is 19.6 Å². The number of nitrogens with one attached hydrogen (secondary N) is 1. The number of nitrogens with zero attached hydrogens (tertiary/aromatic N) is 3. The van der Waals surface area contributed by atoms with Crippen molar-refractivity contribution in [1.29, 1.82) is 0 Å². The molecule has 8 heteroatoms. The molecule has 37 heavy (non-hydrogen) atoms. The van der Waals surface area contributed by atoms with Crippen LogP contribution in [0.25, 0.3) is 10.9 Å². The number of hydrogen-bond acceptors (Lipinski definition) is 5. The molecule has 2 unspecified atom stereocenters. The molecule has 2 heterocycles. The van der Waals surface area contributed by atoms with Crippen LogP contribution in [0, 0.1) is 17.3 Å². The van der Waals surface area contributed by atoms with Crippen LogP contribution in [0.2, 0.25) is 0 Å². The Labute approximate surface area is 218 Å². The van der Waals surface area contributed by atoms with Gasteiger partial charge in [-0.15, -0.1) is 0 Å². The van der Waals surface area contributed by atoms with E-state index in [1.165, 1.54) is 6.42 Å². The molecule has 4 bridgehead atoms. The zero-order chi connectivity index (χ0) is 25.9. The molecule has 8 nitrogen and oxygen atoms in total. The molecule has 2 aromatic rings. The maximum atomic E-state index is 13.5. The number of nitrogens with two attached hydrogens (primary N) is 1. The number of piperidine rings is 1. The number of fused-ring (bicyclic) bond motifs is 1. The lowest BCUT2D eigenvalue weighted by Gasteiger charge is -2.59. The summed E-state index contributed by atoms with van der Waals surface area (Å²) >= 11 is 0. The predicted octanol–water partition coefficient (Wildman–Crippen LogP) is 3.17. The van der Waals surface area contributed by atoms with Crippen LogP contribution in [-0.2, 0) is 11.2 Å². The first kappa shape index (κ1) is 24.9. The van der Waals surface area contributed by atoms with Crippen molar-refractivity contribution in [3.05, 3.63) is 29.5 Å². The molecule has 5 aliphatic rings. The quantitative estimate of drug-likeness (QED) is 0.533. The minimum Gasteiger partial charge on any atom is -0.390 e. The number of likely N-dealkylation sites (tertiary alicyclic amines) is 1. The number of aliphatic hydroxyl groups is 1. The predicted molar refractivity (Wildman–Crippen MR) is 142 cm³/mol. The number of rotatable bonds is 7. The molecule has 4 saturated carbocycles. The van der Waals surface area contributed by atoms with Gasteiger partial charge in [0.1, 0.15) is 0 Å². The van der Waals surface area contributed by atoms with Crippen molar-refractivity contribution in [1.82, 2.24) is 20.0 Å². The molecule has 1 aromatic heterocycles. The molecule has 4 N–H and O–H groups in total. The summed E-state index contributed by atoms with van der Waals surface area (Å²) in [4.78, 5) is 28.1. The molecule has 0 spiro atoms. The maximum Gasteiger partial charge on any atom is 0.269 e. The highest BCUT2D eigenvalue weighted by atomic mass is 16.3. The molecule has 7 rings (SSSR count). The largest absolute Gasteiger partial charge is 0.390 e. The Balaban J connectivity index is 1.06. The van der Waals surface area contributed by atoms with E-state index in [1.54, 1.807) is 0 Å². The van der Waals surface area contributed by atoms with Crippen LogP contribution in [0.1, 0.15) is 87.3 Å². The van der Waals surface area contributed by atoms with Crippen LogP contribution in [0.3, 0.4) is 0 Å². The number of benzene rings is 1. The van der Waals surface area contributed by atoms with E-state index in [9.17, 15) is 14.7 Å². The van der Waals surface area contributed by atoms with Gasteiger partial charge >= 0.3 is 0 Å². The number of carbonyl (C=O) groups excluding carboxylic acids is 2. The number of hydrogen-bond donors (Lipinski definition) is 3. The Morgan fingerprint density at radius 2 is 1.86 bits per heavy atom. The second-order valence-corrected chi connectivity index (χ2v) is 12.9. The van der Waals surface area contributed by atoms with Crippen molar-refractivity contribution >= 4 is 22.7 Å². The summed E-state index contributed by atoms with van der Waals surface area (Å²) in [5.74, 6) is 0.753. The molecule has 1 aliphatic heterocycles. The second-order valence-electron chi connectivity index (χ2n) is 12.9. The minimum absolute atomic E-state index is 0.140. The second kappa shape index (κ2) is 9.09. The van der Waals surface area contributed by atoms with Crippen LogP contribution in [0.5, 0.6) is 0 Å². The number of aromatic nitrogens is 2. The Kier molecular flexibility index (Phi) is 6.10. The number of primary amides is 1. The molecule has 2 atom stereocenters. The minimum atomic E-state index is -0.603. The summed E-state index contributed by atoms with van der Waals surface area (Å²) in [7, 11) is 0. The van der Waals surface area contributed by atoms with E-state index in [0.717, 1.165) is 81.0 Å². The highest BCUT2D eigenvalue weighted by molar-refractivity contribution is 6.05. The van der Waals surface area contributed by atoms with Crippen LogP contribution in [0.15, 0.2) is 18.2 Å². The summed E-state index contributed by atoms with van der Waals surface area (Å²) in [6.07, 6.45) is 8.27. The molecule has 200 valence electrons. The standard InChI is InChI=1S/C29H41N5O3/c1-18(2)34-23-5-3-4-21(24(23)25(32-34)26(30)35)6-9-33-10-7-22(8-11-33)31-27(36)28-13-19-12-20(14-28)16-29(37,15-19)17-28/h3-5,18-20,22,37H,6-17H2,1-2H3,(H2,30,35)(H,31,36). The third-order valence-electron chi connectivity index (χ3n) is 9.67. The van der Waals surface area contributed by atoms with Gasteiger partial charge in [-0.3, -0.25) is 14.3 Å². The van der Waals surface area contributed by atoms with Gasteiger partial charge in [-0.1, -0.05) is 12.1 Å². The normalized spacial score (nSPS) is 31.9. The van der Waals surface area contributed by atoms with Gasteiger partial charge in [0.05, 0.1) is 16.5 Å². The average molecular weight is 508 g/mol. The summed E-state index contributed by atoms with van der Waals surface area (Å²) < 4.78 is 1.88. The molecule has 1 saturated heterocycles. The van der Waals surface area contributed by atoms with E-state index in [4.69, 9.17) is 5.73 Å². The average Bonchev–Trinajstić information content (AvgIpc) is 3.23. The Hall–Kier alpha value is -2.45. The lowest BCUT2D eigenvalue weighted by molar-refractivity contribution is -0.178. The Morgan fingerprint density at radius 1 is 1.16 bits per heavy atom. The summed E-state index contributed by atoms with van der Waals surface area (Å²) in [5.41, 5.74) is 7.16. The van der Waals surface area contributed by atoms with Crippen molar-refractivity contribution in [2.24, 2.45) is 23.0 Å². The van der Waals surface area contributed by atoms with Gasteiger partial charge in [0.15, 0.2) is 5.69 Å². The van der Waals surface area contributed by atoms with Gasteiger partial charge in [-0.05, 0) is 95.1 Å². The van der Waals surface area contributed by atoms with Gasteiger partial charge < -0.3 is 21.1 Å². The van der Waals surface area contributed by atoms with E-state index >= 15 is 0 Å². The molecule has 5 fully saturated rings. The van der Waals surface area contributed by atoms with Crippen molar-refractivity contribution in [2.45, 2.75) is 89.3 Å². The number of carbonyl (C=O) groups is 2. The van der Waals surface area contributed by atoms with E-state index in [1.807, 2.05) is 16.8 Å². The van der Waals surface area contributed by atoms with E-state index in [0.29, 0.717) is 24.0 Å². The maximum absolute atomic E-state index is 13.5. The smallest absolute Gasteiger partial charge is 0.269 e. The topological polar surface area (TPSA) is 113 Å². The first-order valence-electron chi connectivity index (χ1n) is 14.2. The number of amides is 2. The SMILES string of the molecule is CC(C)n1nc(C(N)=O)c2c(CCN3CCC(NC(=O)C45CC6CC(CC(O)(C6)C4)C5)CC3)cccc21. The van der Waals surface area contributed by atoms with E-state index in [2.05, 4.69) is 35.2 Å². The molecular weight excluding hydrogens is 466 g/mol. The molecule has 2 amide bonds. The highest BCUT2D eigenvalue weighted by Gasteiger charge is 2.60. The fourth-order valence-electron chi connectivity index (χ4n) is 8.43. The zero-order valence-electron chi connectivity index (χ0n) is 22.2. The van der Waals surface area contributed by atoms with Crippen molar-refractivity contribution in [3.8, 4) is 0 Å². The van der Waals surface area contributed by atoms with Gasteiger partial charge in [0, 0.05) is 37.1 Å². The zero-order valence-corrected chi connectivity index (χ0v) is 22.2. The lowest BCUT2D eigenvalue weighted by Crippen LogP contribution is -2.61. The van der Waals surface area contributed by atoms with Gasteiger partial charge in [0.25, 0.3) is 5.91 Å². The van der Waals surface area contributed by atoms with Crippen LogP contribution in [0.4, 0.5) is 0 Å². The fraction of sp³-hybridized carbons (Fsp3) is 0.690. The van der Waals surface area contributed by atoms with Crippen LogP contribution < -0.4 is 11.1 Å². The third kappa shape index (κ3) is 4.46. The fourth-order valence-corrected chi connectivity index (χ4v) is 8.43.